The van der Waals surface area contributed by atoms with Crippen LogP contribution in [-0.2, 0) is 19.2 Å². The van der Waals surface area contributed by atoms with Gasteiger partial charge in [-0.1, -0.05) is 45.4 Å². The topological polar surface area (TPSA) is 144 Å². The Bertz CT molecular complexity index is 489. The van der Waals surface area contributed by atoms with Crippen molar-refractivity contribution in [3.05, 3.63) is 0 Å². The molecule has 0 spiro atoms. The van der Waals surface area contributed by atoms with Crippen molar-refractivity contribution in [2.24, 2.45) is 17.4 Å². The van der Waals surface area contributed by atoms with Crippen molar-refractivity contribution >= 4 is 23.5 Å². The van der Waals surface area contributed by atoms with Gasteiger partial charge in [-0.2, -0.15) is 0 Å². The van der Waals surface area contributed by atoms with Gasteiger partial charge in [-0.05, 0) is 18.8 Å². The monoisotopic (exact) mass is 354 g/mol. The molecule has 1 rings (SSSR count). The van der Waals surface area contributed by atoms with E-state index in [0.717, 1.165) is 25.7 Å². The van der Waals surface area contributed by atoms with Gasteiger partial charge < -0.3 is 22.1 Å². The lowest BCUT2D eigenvalue weighted by molar-refractivity contribution is -0.139. The van der Waals surface area contributed by atoms with E-state index < -0.39 is 42.1 Å². The standard InChI is InChI=1S/C17H30N4O4/c1-2-6-12(18)15(23)17(25)20-10-14(22)21-13(16(19)24)9-11-7-4-3-5-8-11/h11-13H,2-10,18H2,1H3,(H2,19,24)(H,20,25)(H,21,22). The van der Waals surface area contributed by atoms with Crippen LogP contribution in [0.2, 0.25) is 0 Å². The molecule has 8 nitrogen and oxygen atoms in total. The highest BCUT2D eigenvalue weighted by molar-refractivity contribution is 6.38. The number of rotatable bonds is 10. The fraction of sp³-hybridized carbons (Fsp3) is 0.765. The van der Waals surface area contributed by atoms with E-state index in [4.69, 9.17) is 11.5 Å². The van der Waals surface area contributed by atoms with Gasteiger partial charge in [0.15, 0.2) is 0 Å². The Kier molecular flexibility index (Phi) is 9.12. The summed E-state index contributed by atoms with van der Waals surface area (Å²) in [4.78, 5) is 46.9. The van der Waals surface area contributed by atoms with Gasteiger partial charge in [0, 0.05) is 0 Å². The fourth-order valence-corrected chi connectivity index (χ4v) is 3.11. The maximum absolute atomic E-state index is 11.9. The molecule has 142 valence electrons. The number of amides is 3. The number of carbonyl (C=O) groups is 4. The molecule has 1 saturated carbocycles. The minimum Gasteiger partial charge on any atom is -0.368 e. The third-order valence-corrected chi connectivity index (χ3v) is 4.54. The van der Waals surface area contributed by atoms with Crippen molar-refractivity contribution in [2.45, 2.75) is 70.4 Å². The molecule has 0 aromatic rings. The molecule has 1 aliphatic carbocycles. The largest absolute Gasteiger partial charge is 0.368 e. The van der Waals surface area contributed by atoms with Gasteiger partial charge in [-0.25, -0.2) is 0 Å². The minimum atomic E-state index is -0.890. The van der Waals surface area contributed by atoms with E-state index in [9.17, 15) is 19.2 Å². The molecule has 8 heteroatoms. The first-order valence-corrected chi connectivity index (χ1v) is 9.01. The Hall–Kier alpha value is -1.96. The van der Waals surface area contributed by atoms with Gasteiger partial charge in [0.25, 0.3) is 5.91 Å². The Morgan fingerprint density at radius 3 is 2.32 bits per heavy atom. The van der Waals surface area contributed by atoms with Crippen LogP contribution >= 0.6 is 0 Å². The van der Waals surface area contributed by atoms with Crippen LogP contribution in [0.15, 0.2) is 0 Å². The Morgan fingerprint density at radius 1 is 1.12 bits per heavy atom. The number of carbonyl (C=O) groups excluding carboxylic acids is 4. The van der Waals surface area contributed by atoms with E-state index in [1.807, 2.05) is 6.92 Å². The maximum Gasteiger partial charge on any atom is 0.289 e. The molecule has 1 fully saturated rings. The first-order chi connectivity index (χ1) is 11.8. The van der Waals surface area contributed by atoms with Gasteiger partial charge in [0.1, 0.15) is 6.04 Å². The number of nitrogens with one attached hydrogen (secondary N) is 2. The lowest BCUT2D eigenvalue weighted by Gasteiger charge is -2.25. The number of Topliss-reactive ketones (excluding diaryl/α,β-unsaturated/α-hetero) is 1. The van der Waals surface area contributed by atoms with Crippen molar-refractivity contribution in [3.8, 4) is 0 Å². The lowest BCUT2D eigenvalue weighted by Crippen LogP contribution is -2.50. The van der Waals surface area contributed by atoms with Crippen molar-refractivity contribution < 1.29 is 19.2 Å². The summed E-state index contributed by atoms with van der Waals surface area (Å²) < 4.78 is 0. The quantitative estimate of drug-likeness (QED) is 0.399. The van der Waals surface area contributed by atoms with E-state index >= 15 is 0 Å². The van der Waals surface area contributed by atoms with Gasteiger partial charge in [-0.3, -0.25) is 19.2 Å². The van der Waals surface area contributed by atoms with E-state index in [2.05, 4.69) is 10.6 Å². The van der Waals surface area contributed by atoms with Crippen LogP contribution in [0.4, 0.5) is 0 Å². The average Bonchev–Trinajstić information content (AvgIpc) is 2.59. The number of hydrogen-bond donors (Lipinski definition) is 4. The second-order valence-corrected chi connectivity index (χ2v) is 6.70. The number of primary amides is 1. The van der Waals surface area contributed by atoms with Crippen LogP contribution in [-0.4, -0.2) is 42.1 Å². The number of ketones is 1. The lowest BCUT2D eigenvalue weighted by atomic mass is 9.84. The van der Waals surface area contributed by atoms with Crippen molar-refractivity contribution in [2.75, 3.05) is 6.54 Å². The first-order valence-electron chi connectivity index (χ1n) is 9.01. The summed E-state index contributed by atoms with van der Waals surface area (Å²) in [5.41, 5.74) is 11.0. The van der Waals surface area contributed by atoms with E-state index in [-0.39, 0.29) is 0 Å². The molecule has 2 unspecified atom stereocenters. The number of hydrogen-bond acceptors (Lipinski definition) is 5. The van der Waals surface area contributed by atoms with Crippen LogP contribution in [0.5, 0.6) is 0 Å². The SMILES string of the molecule is CCCC(N)C(=O)C(=O)NCC(=O)NC(CC1CCCCC1)C(N)=O. The first kappa shape index (κ1) is 21.1. The summed E-state index contributed by atoms with van der Waals surface area (Å²) in [5.74, 6) is -2.41. The van der Waals surface area contributed by atoms with Crippen LogP contribution in [0, 0.1) is 5.92 Å². The molecule has 0 aromatic heterocycles. The van der Waals surface area contributed by atoms with Crippen LogP contribution in [0.1, 0.15) is 58.3 Å². The third-order valence-electron chi connectivity index (χ3n) is 4.54. The summed E-state index contributed by atoms with van der Waals surface area (Å²) in [6.07, 6.45) is 7.10. The highest BCUT2D eigenvalue weighted by atomic mass is 16.2. The number of nitrogens with two attached hydrogens (primary N) is 2. The molecule has 25 heavy (non-hydrogen) atoms. The molecule has 6 N–H and O–H groups in total. The molecule has 3 amide bonds. The van der Waals surface area contributed by atoms with Gasteiger partial charge in [-0.15, -0.1) is 0 Å². The molecule has 0 heterocycles. The molecule has 0 bridgehead atoms. The van der Waals surface area contributed by atoms with Crippen molar-refractivity contribution in [1.29, 1.82) is 0 Å². The summed E-state index contributed by atoms with van der Waals surface area (Å²) in [7, 11) is 0. The molecular formula is C17H30N4O4. The predicted octanol–water partition coefficient (Wildman–Crippen LogP) is -0.260. The van der Waals surface area contributed by atoms with E-state index in [1.165, 1.54) is 6.42 Å². The highest BCUT2D eigenvalue weighted by Crippen LogP contribution is 2.27. The Balaban J connectivity index is 2.42. The van der Waals surface area contributed by atoms with Gasteiger partial charge in [0.2, 0.25) is 17.6 Å². The van der Waals surface area contributed by atoms with Crippen LogP contribution < -0.4 is 22.1 Å². The zero-order valence-electron chi connectivity index (χ0n) is 14.9. The zero-order chi connectivity index (χ0) is 18.8. The smallest absolute Gasteiger partial charge is 0.289 e. The molecule has 2 atom stereocenters. The van der Waals surface area contributed by atoms with Gasteiger partial charge >= 0.3 is 0 Å². The molecule has 0 saturated heterocycles. The third kappa shape index (κ3) is 7.64. The van der Waals surface area contributed by atoms with Crippen LogP contribution in [0.25, 0.3) is 0 Å². The second kappa shape index (κ2) is 10.8. The summed E-state index contributed by atoms with van der Waals surface area (Å²) in [6.45, 7) is 1.46. The summed E-state index contributed by atoms with van der Waals surface area (Å²) in [5, 5.41) is 4.78. The van der Waals surface area contributed by atoms with Gasteiger partial charge in [0.05, 0.1) is 12.6 Å². The molecule has 1 aliphatic rings. The minimum absolute atomic E-state index is 0.370. The highest BCUT2D eigenvalue weighted by Gasteiger charge is 2.25. The summed E-state index contributed by atoms with van der Waals surface area (Å²) in [6, 6.07) is -1.62. The predicted molar refractivity (Wildman–Crippen MR) is 93.2 cm³/mol. The molecule has 0 radical (unpaired) electrons. The average molecular weight is 354 g/mol. The second-order valence-electron chi connectivity index (χ2n) is 6.70. The Morgan fingerprint density at radius 2 is 1.76 bits per heavy atom. The molecule has 0 aromatic carbocycles. The van der Waals surface area contributed by atoms with Crippen LogP contribution in [0.3, 0.4) is 0 Å². The Labute approximate surface area is 148 Å². The zero-order valence-corrected chi connectivity index (χ0v) is 14.9. The summed E-state index contributed by atoms with van der Waals surface area (Å²) >= 11 is 0. The van der Waals surface area contributed by atoms with Crippen molar-refractivity contribution in [3.63, 3.8) is 0 Å². The maximum atomic E-state index is 11.9. The normalized spacial score (nSPS) is 17.4. The fourth-order valence-electron chi connectivity index (χ4n) is 3.11. The van der Waals surface area contributed by atoms with E-state index in [0.29, 0.717) is 25.2 Å². The van der Waals surface area contributed by atoms with Crippen molar-refractivity contribution in [1.82, 2.24) is 10.6 Å². The molecule has 0 aliphatic heterocycles. The molecular weight excluding hydrogens is 324 g/mol. The van der Waals surface area contributed by atoms with E-state index in [1.54, 1.807) is 0 Å².